The van der Waals surface area contributed by atoms with Crippen LogP contribution in [0.2, 0.25) is 0 Å². The fourth-order valence-electron chi connectivity index (χ4n) is 1.43. The molecule has 0 atom stereocenters. The van der Waals surface area contributed by atoms with E-state index in [2.05, 4.69) is 0 Å². The summed E-state index contributed by atoms with van der Waals surface area (Å²) in [6.07, 6.45) is 0. The van der Waals surface area contributed by atoms with Crippen LogP contribution in [0.15, 0.2) is 12.1 Å². The van der Waals surface area contributed by atoms with Crippen LogP contribution in [0.1, 0.15) is 0 Å². The summed E-state index contributed by atoms with van der Waals surface area (Å²) in [6, 6.07) is 2.54. The summed E-state index contributed by atoms with van der Waals surface area (Å²) in [5, 5.41) is 0. The van der Waals surface area contributed by atoms with Gasteiger partial charge in [-0.2, -0.15) is 0 Å². The van der Waals surface area contributed by atoms with Crippen molar-refractivity contribution in [1.29, 1.82) is 0 Å². The standard InChI is InChI=1S/C10H12FIN4O2/c11-5-1-8(7(13)2-6(5)12)16(3-9(14)17)4-10(15)18/h1-2H,3-4,13H2,(H2,14,17)(H2,15,18). The Morgan fingerprint density at radius 3 is 2.17 bits per heavy atom. The van der Waals surface area contributed by atoms with Gasteiger partial charge in [-0.15, -0.1) is 0 Å². The van der Waals surface area contributed by atoms with E-state index in [1.54, 1.807) is 22.6 Å². The number of hydrogen-bond donors (Lipinski definition) is 3. The fourth-order valence-corrected chi connectivity index (χ4v) is 1.92. The number of anilines is 2. The highest BCUT2D eigenvalue weighted by atomic mass is 127. The van der Waals surface area contributed by atoms with E-state index in [9.17, 15) is 14.0 Å². The molecule has 18 heavy (non-hydrogen) atoms. The molecule has 0 saturated carbocycles. The van der Waals surface area contributed by atoms with Crippen molar-refractivity contribution in [2.45, 2.75) is 0 Å². The summed E-state index contributed by atoms with van der Waals surface area (Å²) in [7, 11) is 0. The van der Waals surface area contributed by atoms with Gasteiger partial charge in [0.15, 0.2) is 0 Å². The van der Waals surface area contributed by atoms with E-state index in [-0.39, 0.29) is 24.5 Å². The van der Waals surface area contributed by atoms with Crippen molar-refractivity contribution in [3.8, 4) is 0 Å². The maximum absolute atomic E-state index is 13.5. The zero-order valence-electron chi connectivity index (χ0n) is 9.32. The lowest BCUT2D eigenvalue weighted by atomic mass is 10.2. The molecule has 0 heterocycles. The molecule has 8 heteroatoms. The van der Waals surface area contributed by atoms with Crippen LogP contribution in [0.5, 0.6) is 0 Å². The summed E-state index contributed by atoms with van der Waals surface area (Å²) in [6.45, 7) is -0.541. The van der Waals surface area contributed by atoms with Crippen molar-refractivity contribution in [2.75, 3.05) is 23.7 Å². The average Bonchev–Trinajstić information content (AvgIpc) is 2.21. The first-order valence-corrected chi connectivity index (χ1v) is 5.95. The molecule has 0 spiro atoms. The maximum atomic E-state index is 13.5. The van der Waals surface area contributed by atoms with Crippen LogP contribution in [-0.2, 0) is 9.59 Å². The molecule has 0 bridgehead atoms. The monoisotopic (exact) mass is 366 g/mol. The number of nitrogens with zero attached hydrogens (tertiary/aromatic N) is 1. The van der Waals surface area contributed by atoms with E-state index in [0.717, 1.165) is 6.07 Å². The fraction of sp³-hybridized carbons (Fsp3) is 0.200. The highest BCUT2D eigenvalue weighted by Crippen LogP contribution is 2.27. The van der Waals surface area contributed by atoms with Gasteiger partial charge < -0.3 is 22.1 Å². The normalized spacial score (nSPS) is 10.1. The third-order valence-corrected chi connectivity index (χ3v) is 2.93. The highest BCUT2D eigenvalue weighted by molar-refractivity contribution is 14.1. The van der Waals surface area contributed by atoms with E-state index < -0.39 is 17.6 Å². The molecule has 6 nitrogen and oxygen atoms in total. The third kappa shape index (κ3) is 3.72. The van der Waals surface area contributed by atoms with Gasteiger partial charge >= 0.3 is 0 Å². The molecule has 1 aromatic carbocycles. The number of halogens is 2. The second-order valence-electron chi connectivity index (χ2n) is 3.61. The Kier molecular flexibility index (Phi) is 4.70. The minimum Gasteiger partial charge on any atom is -0.397 e. The lowest BCUT2D eigenvalue weighted by Crippen LogP contribution is -2.40. The van der Waals surface area contributed by atoms with Crippen molar-refractivity contribution in [1.82, 2.24) is 0 Å². The summed E-state index contributed by atoms with van der Waals surface area (Å²) >= 11 is 1.78. The van der Waals surface area contributed by atoms with Crippen LogP contribution in [-0.4, -0.2) is 24.9 Å². The Morgan fingerprint density at radius 1 is 1.22 bits per heavy atom. The quantitative estimate of drug-likeness (QED) is 0.494. The lowest BCUT2D eigenvalue weighted by molar-refractivity contribution is -0.117. The van der Waals surface area contributed by atoms with Crippen LogP contribution in [0.4, 0.5) is 15.8 Å². The number of carbonyl (C=O) groups excluding carboxylic acids is 2. The molecule has 2 amide bonds. The van der Waals surface area contributed by atoms with Gasteiger partial charge in [-0.1, -0.05) is 0 Å². The number of rotatable bonds is 5. The van der Waals surface area contributed by atoms with Crippen LogP contribution in [0, 0.1) is 9.39 Å². The van der Waals surface area contributed by atoms with Crippen molar-refractivity contribution in [3.05, 3.63) is 21.5 Å². The van der Waals surface area contributed by atoms with E-state index in [4.69, 9.17) is 17.2 Å². The predicted octanol–water partition coefficient (Wildman–Crippen LogP) is -0.211. The Hall–Kier alpha value is -1.58. The second-order valence-corrected chi connectivity index (χ2v) is 4.78. The minimum atomic E-state index is -0.672. The first-order valence-electron chi connectivity index (χ1n) is 4.87. The molecule has 0 aromatic heterocycles. The van der Waals surface area contributed by atoms with Gasteiger partial charge in [0.2, 0.25) is 11.8 Å². The number of primary amides is 2. The molecule has 98 valence electrons. The van der Waals surface area contributed by atoms with Crippen molar-refractivity contribution >= 4 is 45.8 Å². The summed E-state index contributed by atoms with van der Waals surface area (Å²) < 4.78 is 13.8. The minimum absolute atomic E-state index is 0.213. The number of nitrogen functional groups attached to an aromatic ring is 1. The van der Waals surface area contributed by atoms with Gasteiger partial charge in [-0.3, -0.25) is 9.59 Å². The molecule has 1 rings (SSSR count). The maximum Gasteiger partial charge on any atom is 0.236 e. The van der Waals surface area contributed by atoms with E-state index >= 15 is 0 Å². The van der Waals surface area contributed by atoms with Crippen molar-refractivity contribution < 1.29 is 14.0 Å². The van der Waals surface area contributed by atoms with Gasteiger partial charge in [-0.25, -0.2) is 4.39 Å². The first kappa shape index (κ1) is 14.5. The molecule has 6 N–H and O–H groups in total. The van der Waals surface area contributed by atoms with Gasteiger partial charge in [0.1, 0.15) is 5.82 Å². The largest absolute Gasteiger partial charge is 0.397 e. The van der Waals surface area contributed by atoms with Crippen LogP contribution in [0.3, 0.4) is 0 Å². The van der Waals surface area contributed by atoms with Crippen LogP contribution >= 0.6 is 22.6 Å². The number of nitrogens with two attached hydrogens (primary N) is 3. The van der Waals surface area contributed by atoms with Gasteiger partial charge in [0, 0.05) is 6.07 Å². The third-order valence-electron chi connectivity index (χ3n) is 2.10. The molecule has 0 fully saturated rings. The Labute approximate surface area is 116 Å². The zero-order chi connectivity index (χ0) is 13.9. The molecule has 0 saturated heterocycles. The number of benzene rings is 1. The molecular weight excluding hydrogens is 354 g/mol. The molecule has 0 aliphatic rings. The zero-order valence-corrected chi connectivity index (χ0v) is 11.5. The topological polar surface area (TPSA) is 115 Å². The Morgan fingerprint density at radius 2 is 1.72 bits per heavy atom. The van der Waals surface area contributed by atoms with Gasteiger partial charge in [0.25, 0.3) is 0 Å². The molecule has 0 aliphatic carbocycles. The summed E-state index contributed by atoms with van der Waals surface area (Å²) in [4.78, 5) is 23.1. The van der Waals surface area contributed by atoms with Crippen LogP contribution in [0.25, 0.3) is 0 Å². The predicted molar refractivity (Wildman–Crippen MR) is 74.1 cm³/mol. The van der Waals surface area contributed by atoms with Crippen molar-refractivity contribution in [3.63, 3.8) is 0 Å². The first-order chi connectivity index (χ1) is 8.31. The second kappa shape index (κ2) is 5.85. The summed E-state index contributed by atoms with van der Waals surface area (Å²) in [5.41, 5.74) is 16.3. The highest BCUT2D eigenvalue weighted by Gasteiger charge is 2.16. The van der Waals surface area contributed by atoms with Gasteiger partial charge in [0.05, 0.1) is 28.0 Å². The van der Waals surface area contributed by atoms with Crippen molar-refractivity contribution in [2.24, 2.45) is 11.5 Å². The molecule has 1 aromatic rings. The SMILES string of the molecule is NC(=O)CN(CC(N)=O)c1cc(F)c(I)cc1N. The van der Waals surface area contributed by atoms with Gasteiger partial charge in [-0.05, 0) is 28.7 Å². The lowest BCUT2D eigenvalue weighted by Gasteiger charge is -2.23. The number of amides is 2. The summed E-state index contributed by atoms with van der Waals surface area (Å²) in [5.74, 6) is -1.84. The molecule has 0 unspecified atom stereocenters. The van der Waals surface area contributed by atoms with E-state index in [1.165, 1.54) is 11.0 Å². The van der Waals surface area contributed by atoms with E-state index in [1.807, 2.05) is 0 Å². The Balaban J connectivity index is 3.15. The number of hydrogen-bond acceptors (Lipinski definition) is 4. The molecule has 0 radical (unpaired) electrons. The average molecular weight is 366 g/mol. The Bertz CT molecular complexity index is 479. The molecular formula is C10H12FIN4O2. The molecule has 0 aliphatic heterocycles. The number of carbonyl (C=O) groups is 2. The van der Waals surface area contributed by atoms with E-state index in [0.29, 0.717) is 3.57 Å². The smallest absolute Gasteiger partial charge is 0.236 e. The van der Waals surface area contributed by atoms with Crippen LogP contribution < -0.4 is 22.1 Å².